The molecule has 0 aliphatic heterocycles. The Morgan fingerprint density at radius 2 is 2.04 bits per heavy atom. The van der Waals surface area contributed by atoms with Crippen LogP contribution in [0.25, 0.3) is 0 Å². The minimum atomic E-state index is -0.529. The summed E-state index contributed by atoms with van der Waals surface area (Å²) in [4.78, 5) is 16.4. The number of carbonyl (C=O) groups excluding carboxylic acids is 1. The average molecular weight is 366 g/mol. The maximum atomic E-state index is 14.4. The fourth-order valence-electron chi connectivity index (χ4n) is 2.66. The first-order valence-corrected chi connectivity index (χ1v) is 8.42. The molecule has 0 aliphatic carbocycles. The quantitative estimate of drug-likeness (QED) is 0.696. The first-order valence-electron chi connectivity index (χ1n) is 8.42. The van der Waals surface area contributed by atoms with Crippen LogP contribution in [0, 0.1) is 12.7 Å². The summed E-state index contributed by atoms with van der Waals surface area (Å²) in [7, 11) is 0. The number of phenolic OH excluding ortho intramolecular Hbond substituents is 1. The summed E-state index contributed by atoms with van der Waals surface area (Å²) >= 11 is 0. The highest BCUT2D eigenvalue weighted by molar-refractivity contribution is 5.96. The van der Waals surface area contributed by atoms with E-state index in [-0.39, 0.29) is 17.4 Å². The lowest BCUT2D eigenvalue weighted by Gasteiger charge is -2.16. The van der Waals surface area contributed by atoms with Crippen molar-refractivity contribution >= 4 is 5.91 Å². The van der Waals surface area contributed by atoms with E-state index in [9.17, 15) is 14.3 Å². The van der Waals surface area contributed by atoms with Crippen molar-refractivity contribution in [2.24, 2.45) is 0 Å². The molecule has 1 atom stereocenters. The number of aromatic hydroxyl groups is 1. The van der Waals surface area contributed by atoms with Crippen LogP contribution in [0.15, 0.2) is 60.9 Å². The van der Waals surface area contributed by atoms with Gasteiger partial charge in [0.1, 0.15) is 11.5 Å². The van der Waals surface area contributed by atoms with Crippen LogP contribution in [0.4, 0.5) is 4.39 Å². The predicted octanol–water partition coefficient (Wildman–Crippen LogP) is 4.52. The van der Waals surface area contributed by atoms with Crippen LogP contribution < -0.4 is 10.1 Å². The number of halogens is 1. The van der Waals surface area contributed by atoms with Crippen molar-refractivity contribution in [3.63, 3.8) is 0 Å². The monoisotopic (exact) mass is 366 g/mol. The third-order valence-electron chi connectivity index (χ3n) is 4.12. The molecule has 0 bridgehead atoms. The Morgan fingerprint density at radius 3 is 2.70 bits per heavy atom. The zero-order valence-corrected chi connectivity index (χ0v) is 14.9. The number of aromatic nitrogens is 1. The number of benzene rings is 2. The molecule has 1 amide bonds. The Kier molecular flexibility index (Phi) is 5.35. The number of hydrogen-bond acceptors (Lipinski definition) is 4. The normalized spacial score (nSPS) is 11.7. The second kappa shape index (κ2) is 7.86. The Morgan fingerprint density at radius 1 is 1.22 bits per heavy atom. The van der Waals surface area contributed by atoms with Crippen molar-refractivity contribution < 1.29 is 19.0 Å². The fraction of sp³-hybridized carbons (Fsp3) is 0.143. The molecule has 1 heterocycles. The van der Waals surface area contributed by atoms with Gasteiger partial charge in [-0.15, -0.1) is 0 Å². The summed E-state index contributed by atoms with van der Waals surface area (Å²) in [5.74, 6) is -0.203. The van der Waals surface area contributed by atoms with Gasteiger partial charge in [0, 0.05) is 11.8 Å². The lowest BCUT2D eigenvalue weighted by molar-refractivity contribution is 0.0939. The largest absolute Gasteiger partial charge is 0.508 e. The molecule has 1 unspecified atom stereocenters. The van der Waals surface area contributed by atoms with Crippen molar-refractivity contribution in [3.05, 3.63) is 83.4 Å². The topological polar surface area (TPSA) is 71.5 Å². The van der Waals surface area contributed by atoms with E-state index in [1.807, 2.05) is 0 Å². The molecule has 5 nitrogen and oxygen atoms in total. The number of nitrogens with zero attached hydrogens (tertiary/aromatic N) is 1. The zero-order chi connectivity index (χ0) is 19.4. The van der Waals surface area contributed by atoms with Crippen molar-refractivity contribution in [2.75, 3.05) is 0 Å². The van der Waals surface area contributed by atoms with Gasteiger partial charge in [0.05, 0.1) is 12.2 Å². The molecule has 0 saturated heterocycles. The van der Waals surface area contributed by atoms with Gasteiger partial charge in [-0.2, -0.15) is 0 Å². The molecular weight excluding hydrogens is 347 g/mol. The first kappa shape index (κ1) is 18.4. The van der Waals surface area contributed by atoms with Crippen molar-refractivity contribution in [2.45, 2.75) is 19.9 Å². The van der Waals surface area contributed by atoms with Crippen LogP contribution in [-0.2, 0) is 0 Å². The molecule has 0 fully saturated rings. The van der Waals surface area contributed by atoms with Gasteiger partial charge < -0.3 is 15.2 Å². The lowest BCUT2D eigenvalue weighted by atomic mass is 10.0. The zero-order valence-electron chi connectivity index (χ0n) is 14.9. The van der Waals surface area contributed by atoms with Crippen molar-refractivity contribution in [1.82, 2.24) is 10.3 Å². The number of phenols is 1. The van der Waals surface area contributed by atoms with Gasteiger partial charge >= 0.3 is 0 Å². The number of aryl methyl sites for hydroxylation is 1. The van der Waals surface area contributed by atoms with Crippen LogP contribution in [0.3, 0.4) is 0 Å². The van der Waals surface area contributed by atoms with Crippen LogP contribution in [-0.4, -0.2) is 16.0 Å². The highest BCUT2D eigenvalue weighted by atomic mass is 19.1. The molecule has 2 N–H and O–H groups in total. The van der Waals surface area contributed by atoms with E-state index in [0.29, 0.717) is 22.4 Å². The maximum Gasteiger partial charge on any atom is 0.252 e. The molecule has 1 aromatic heterocycles. The summed E-state index contributed by atoms with van der Waals surface area (Å²) < 4.78 is 19.9. The Bertz CT molecular complexity index is 961. The summed E-state index contributed by atoms with van der Waals surface area (Å²) in [6.45, 7) is 3.51. The third-order valence-corrected chi connectivity index (χ3v) is 4.12. The number of pyridine rings is 1. The van der Waals surface area contributed by atoms with E-state index in [1.54, 1.807) is 44.3 Å². The van der Waals surface area contributed by atoms with E-state index >= 15 is 0 Å². The minimum Gasteiger partial charge on any atom is -0.508 e. The maximum absolute atomic E-state index is 14.4. The second-order valence-electron chi connectivity index (χ2n) is 6.18. The molecule has 2 aromatic carbocycles. The number of carbonyl (C=O) groups is 1. The minimum absolute atomic E-state index is 0.0830. The number of hydrogen-bond donors (Lipinski definition) is 2. The Hall–Kier alpha value is -3.41. The highest BCUT2D eigenvalue weighted by Gasteiger charge is 2.15. The van der Waals surface area contributed by atoms with Crippen LogP contribution in [0.1, 0.15) is 34.5 Å². The van der Waals surface area contributed by atoms with Crippen LogP contribution in [0.2, 0.25) is 0 Å². The second-order valence-corrected chi connectivity index (χ2v) is 6.18. The van der Waals surface area contributed by atoms with Gasteiger partial charge in [0.15, 0.2) is 11.6 Å². The molecule has 0 spiro atoms. The van der Waals surface area contributed by atoms with Crippen molar-refractivity contribution in [1.29, 1.82) is 0 Å². The van der Waals surface area contributed by atoms with E-state index in [4.69, 9.17) is 4.74 Å². The summed E-state index contributed by atoms with van der Waals surface area (Å²) in [6, 6.07) is 12.1. The summed E-state index contributed by atoms with van der Waals surface area (Å²) in [6.07, 6.45) is 3.10. The molecule has 27 heavy (non-hydrogen) atoms. The molecule has 3 aromatic rings. The van der Waals surface area contributed by atoms with Gasteiger partial charge in [-0.05, 0) is 67.4 Å². The first-order chi connectivity index (χ1) is 12.9. The summed E-state index contributed by atoms with van der Waals surface area (Å²) in [5, 5.41) is 12.3. The Balaban J connectivity index is 1.72. The van der Waals surface area contributed by atoms with Gasteiger partial charge in [0.2, 0.25) is 0 Å². The predicted molar refractivity (Wildman–Crippen MR) is 99.4 cm³/mol. The van der Waals surface area contributed by atoms with E-state index in [2.05, 4.69) is 10.3 Å². The molecule has 6 heteroatoms. The smallest absolute Gasteiger partial charge is 0.252 e. The highest BCUT2D eigenvalue weighted by Crippen LogP contribution is 2.26. The molecular formula is C21H19FN2O3. The van der Waals surface area contributed by atoms with E-state index < -0.39 is 11.9 Å². The number of rotatable bonds is 5. The lowest BCUT2D eigenvalue weighted by Crippen LogP contribution is -2.27. The van der Waals surface area contributed by atoms with Gasteiger partial charge in [-0.3, -0.25) is 9.78 Å². The number of amides is 1. The molecule has 3 rings (SSSR count). The average Bonchev–Trinajstić information content (AvgIpc) is 2.64. The van der Waals surface area contributed by atoms with Gasteiger partial charge in [-0.25, -0.2) is 4.39 Å². The third kappa shape index (κ3) is 4.41. The van der Waals surface area contributed by atoms with Crippen LogP contribution in [0.5, 0.6) is 17.2 Å². The SMILES string of the molecule is Cc1cc(O)ccc1C(=O)NC(C)c1ccc(Oc2cccnc2)c(F)c1. The molecule has 0 aliphatic rings. The van der Waals surface area contributed by atoms with Crippen LogP contribution >= 0.6 is 0 Å². The molecule has 0 radical (unpaired) electrons. The Labute approximate surface area is 156 Å². The number of nitrogens with one attached hydrogen (secondary N) is 1. The van der Waals surface area contributed by atoms with Gasteiger partial charge in [0.25, 0.3) is 5.91 Å². The van der Waals surface area contributed by atoms with Crippen molar-refractivity contribution in [3.8, 4) is 17.2 Å². The fourth-order valence-corrected chi connectivity index (χ4v) is 2.66. The van der Waals surface area contributed by atoms with Gasteiger partial charge in [-0.1, -0.05) is 6.07 Å². The standard InChI is InChI=1S/C21H19FN2O3/c1-13-10-16(25)6-7-18(13)21(26)24-14(2)15-5-8-20(19(22)11-15)27-17-4-3-9-23-12-17/h3-12,14,25H,1-2H3,(H,24,26). The number of ether oxygens (including phenoxy) is 1. The molecule has 0 saturated carbocycles. The van der Waals surface area contributed by atoms with E-state index in [1.165, 1.54) is 30.5 Å². The molecule has 138 valence electrons. The summed E-state index contributed by atoms with van der Waals surface area (Å²) in [5.41, 5.74) is 1.72. The van der Waals surface area contributed by atoms with E-state index in [0.717, 1.165) is 0 Å².